The Hall–Kier alpha value is -3.21. The lowest BCUT2D eigenvalue weighted by Gasteiger charge is -2.38. The zero-order chi connectivity index (χ0) is 28.2. The van der Waals surface area contributed by atoms with E-state index in [1.54, 1.807) is 29.8 Å². The van der Waals surface area contributed by atoms with E-state index in [0.29, 0.717) is 42.3 Å². The van der Waals surface area contributed by atoms with Gasteiger partial charge in [-0.05, 0) is 67.7 Å². The Morgan fingerprint density at radius 1 is 1.02 bits per heavy atom. The van der Waals surface area contributed by atoms with Gasteiger partial charge in [-0.1, -0.05) is 48.0 Å². The molecular weight excluding hydrogens is 590 g/mol. The van der Waals surface area contributed by atoms with Crippen molar-refractivity contribution in [2.75, 3.05) is 20.2 Å². The number of halogens is 1. The van der Waals surface area contributed by atoms with Gasteiger partial charge in [0, 0.05) is 34.9 Å². The maximum absolute atomic E-state index is 13.9. The number of amidine groups is 1. The minimum Gasteiger partial charge on any atom is -0.496 e. The monoisotopic (exact) mass is 621 g/mol. The van der Waals surface area contributed by atoms with Crippen LogP contribution in [0.1, 0.15) is 43.1 Å². The molecule has 0 unspecified atom stereocenters. The molecule has 3 aromatic rings. The lowest BCUT2D eigenvalue weighted by molar-refractivity contribution is 0.224. The molecule has 40 heavy (non-hydrogen) atoms. The van der Waals surface area contributed by atoms with E-state index in [1.807, 2.05) is 65.0 Å². The smallest absolute Gasteiger partial charge is 0.244 e. The number of hydrogen-bond acceptors (Lipinski definition) is 6. The lowest BCUT2D eigenvalue weighted by atomic mass is 9.94. The maximum Gasteiger partial charge on any atom is 0.244 e. The molecule has 0 amide bonds. The molecule has 3 atom stereocenters. The van der Waals surface area contributed by atoms with E-state index in [2.05, 4.69) is 29.8 Å². The summed E-state index contributed by atoms with van der Waals surface area (Å²) >= 11 is 3.63. The number of hydrogen-bond donors (Lipinski definition) is 0. The average Bonchev–Trinajstić information content (AvgIpc) is 3.27. The SMILES string of the molecule is COc1ccc(Br)cc1[C@@H]1c2c(C)nn(-c3ccccc3)c2N=C2C=CC(S(=O)(=O)N3C[C@H](C)C[C@H](C)C3)=CN21. The number of aromatic nitrogens is 2. The highest BCUT2D eigenvalue weighted by Gasteiger charge is 2.40. The number of aryl methyl sites for hydroxylation is 1. The number of aliphatic imine (C=N–C) groups is 1. The third-order valence-corrected chi connectivity index (χ3v) is 10.0. The first kappa shape index (κ1) is 27.0. The van der Waals surface area contributed by atoms with E-state index < -0.39 is 16.1 Å². The Kier molecular flexibility index (Phi) is 6.96. The fraction of sp³-hybridized carbons (Fsp3) is 0.333. The van der Waals surface area contributed by atoms with Crippen LogP contribution in [-0.4, -0.2) is 53.4 Å². The molecule has 208 valence electrons. The predicted molar refractivity (Wildman–Crippen MR) is 160 cm³/mol. The molecule has 2 aromatic carbocycles. The number of para-hydroxylation sites is 1. The average molecular weight is 623 g/mol. The van der Waals surface area contributed by atoms with Crippen molar-refractivity contribution in [3.8, 4) is 11.4 Å². The number of methoxy groups -OCH3 is 1. The summed E-state index contributed by atoms with van der Waals surface area (Å²) in [5.41, 5.74) is 3.48. The van der Waals surface area contributed by atoms with Gasteiger partial charge in [-0.3, -0.25) is 0 Å². The molecule has 1 saturated heterocycles. The number of benzene rings is 2. The first-order valence-electron chi connectivity index (χ1n) is 13.4. The van der Waals surface area contributed by atoms with Crippen LogP contribution in [0.2, 0.25) is 0 Å². The fourth-order valence-corrected chi connectivity index (χ4v) is 8.14. The summed E-state index contributed by atoms with van der Waals surface area (Å²) in [6.45, 7) is 7.24. The number of sulfonamides is 1. The third-order valence-electron chi connectivity index (χ3n) is 7.74. The zero-order valence-corrected chi connectivity index (χ0v) is 25.4. The summed E-state index contributed by atoms with van der Waals surface area (Å²) in [4.78, 5) is 7.22. The van der Waals surface area contributed by atoms with Gasteiger partial charge in [0.1, 0.15) is 11.6 Å². The quantitative estimate of drug-likeness (QED) is 0.344. The van der Waals surface area contributed by atoms with Gasteiger partial charge in [0.05, 0.1) is 29.4 Å². The highest BCUT2D eigenvalue weighted by Crippen LogP contribution is 2.47. The van der Waals surface area contributed by atoms with Crippen LogP contribution >= 0.6 is 15.9 Å². The molecule has 1 fully saturated rings. The molecule has 10 heteroatoms. The summed E-state index contributed by atoms with van der Waals surface area (Å²) in [6, 6.07) is 15.4. The number of rotatable bonds is 5. The standard InChI is InChI=1S/C30H32BrN5O3S/c1-19-14-20(2)17-34(16-19)40(37,38)24-11-13-27-32-30-28(21(3)33-36(30)23-8-6-5-7-9-23)29(35(27)18-24)25-15-22(31)10-12-26(25)39-4/h5-13,15,18-20,29H,14,16-17H2,1-4H3/t19-,20+,29-/m1/s1. The minimum absolute atomic E-state index is 0.253. The number of ether oxygens (including phenoxy) is 1. The molecule has 0 saturated carbocycles. The van der Waals surface area contributed by atoms with Crippen molar-refractivity contribution >= 4 is 37.6 Å². The molecule has 8 nitrogen and oxygen atoms in total. The van der Waals surface area contributed by atoms with Crippen molar-refractivity contribution in [1.29, 1.82) is 0 Å². The highest BCUT2D eigenvalue weighted by molar-refractivity contribution is 9.10. The Bertz CT molecular complexity index is 1650. The largest absolute Gasteiger partial charge is 0.496 e. The minimum atomic E-state index is -3.71. The molecule has 0 bridgehead atoms. The van der Waals surface area contributed by atoms with Crippen LogP contribution in [0.3, 0.4) is 0 Å². The molecular formula is C30H32BrN5O3S. The molecule has 3 aliphatic rings. The molecule has 4 heterocycles. The number of fused-ring (bicyclic) bond motifs is 2. The van der Waals surface area contributed by atoms with Crippen LogP contribution in [0.25, 0.3) is 5.69 Å². The van der Waals surface area contributed by atoms with E-state index in [-0.39, 0.29) is 4.91 Å². The van der Waals surface area contributed by atoms with Crippen LogP contribution in [-0.2, 0) is 10.0 Å². The van der Waals surface area contributed by atoms with Crippen LogP contribution in [0.15, 0.2) is 81.3 Å². The van der Waals surface area contributed by atoms with Gasteiger partial charge in [-0.15, -0.1) is 0 Å². The maximum atomic E-state index is 13.9. The number of allylic oxidation sites excluding steroid dienone is 1. The number of piperidine rings is 1. The van der Waals surface area contributed by atoms with Gasteiger partial charge in [0.2, 0.25) is 10.0 Å². The van der Waals surface area contributed by atoms with Crippen LogP contribution in [0, 0.1) is 18.8 Å². The van der Waals surface area contributed by atoms with Gasteiger partial charge >= 0.3 is 0 Å². The van der Waals surface area contributed by atoms with Crippen molar-refractivity contribution in [3.63, 3.8) is 0 Å². The zero-order valence-electron chi connectivity index (χ0n) is 23.0. The van der Waals surface area contributed by atoms with E-state index in [0.717, 1.165) is 33.4 Å². The highest BCUT2D eigenvalue weighted by atomic mass is 79.9. The van der Waals surface area contributed by atoms with Crippen molar-refractivity contribution < 1.29 is 13.2 Å². The molecule has 0 N–H and O–H groups in total. The van der Waals surface area contributed by atoms with Crippen molar-refractivity contribution in [2.24, 2.45) is 16.8 Å². The molecule has 0 spiro atoms. The topological polar surface area (TPSA) is 80.0 Å². The summed E-state index contributed by atoms with van der Waals surface area (Å²) in [6.07, 6.45) is 6.22. The number of nitrogens with zero attached hydrogens (tertiary/aromatic N) is 5. The van der Waals surface area contributed by atoms with Crippen LogP contribution in [0.4, 0.5) is 5.82 Å². The second-order valence-corrected chi connectivity index (χ2v) is 13.7. The normalized spacial score (nSPS) is 22.8. The van der Waals surface area contributed by atoms with E-state index in [4.69, 9.17) is 14.8 Å². The van der Waals surface area contributed by atoms with Gasteiger partial charge in [0.15, 0.2) is 5.82 Å². The summed E-state index contributed by atoms with van der Waals surface area (Å²) in [5, 5.41) is 4.89. The second kappa shape index (κ2) is 10.3. The summed E-state index contributed by atoms with van der Waals surface area (Å²) in [5.74, 6) is 2.66. The predicted octanol–water partition coefficient (Wildman–Crippen LogP) is 6.11. The Morgan fingerprint density at radius 2 is 1.75 bits per heavy atom. The van der Waals surface area contributed by atoms with Crippen LogP contribution < -0.4 is 4.74 Å². The van der Waals surface area contributed by atoms with Crippen LogP contribution in [0.5, 0.6) is 5.75 Å². The summed E-state index contributed by atoms with van der Waals surface area (Å²) in [7, 11) is -2.06. The van der Waals surface area contributed by atoms with Gasteiger partial charge in [-0.2, -0.15) is 9.40 Å². The van der Waals surface area contributed by atoms with Gasteiger partial charge < -0.3 is 9.64 Å². The third kappa shape index (κ3) is 4.61. The molecule has 3 aliphatic heterocycles. The molecule has 0 aliphatic carbocycles. The second-order valence-electron chi connectivity index (χ2n) is 10.9. The summed E-state index contributed by atoms with van der Waals surface area (Å²) < 4.78 is 38.0. The van der Waals surface area contributed by atoms with E-state index in [1.165, 1.54) is 0 Å². The Morgan fingerprint density at radius 3 is 2.45 bits per heavy atom. The van der Waals surface area contributed by atoms with Crippen molar-refractivity contribution in [2.45, 2.75) is 33.2 Å². The first-order chi connectivity index (χ1) is 19.2. The van der Waals surface area contributed by atoms with Crippen molar-refractivity contribution in [1.82, 2.24) is 19.0 Å². The van der Waals surface area contributed by atoms with Crippen molar-refractivity contribution in [3.05, 3.63) is 93.1 Å². The van der Waals surface area contributed by atoms with E-state index in [9.17, 15) is 8.42 Å². The lowest BCUT2D eigenvalue weighted by Crippen LogP contribution is -2.44. The van der Waals surface area contributed by atoms with Gasteiger partial charge in [-0.25, -0.2) is 18.1 Å². The Labute approximate surface area is 243 Å². The molecule has 6 rings (SSSR count). The molecule has 1 aromatic heterocycles. The van der Waals surface area contributed by atoms with E-state index >= 15 is 0 Å². The Balaban J connectivity index is 1.53. The first-order valence-corrected chi connectivity index (χ1v) is 15.7. The van der Waals surface area contributed by atoms with Gasteiger partial charge in [0.25, 0.3) is 0 Å². The molecule has 0 radical (unpaired) electrons. The fourth-order valence-electron chi connectivity index (χ4n) is 6.07.